The second-order valence-corrected chi connectivity index (χ2v) is 5.23. The molecule has 2 aromatic carbocycles. The maximum atomic E-state index is 12.2. The second-order valence-electron chi connectivity index (χ2n) is 5.23. The number of hydrogen-bond acceptors (Lipinski definition) is 7. The molecule has 0 unspecified atom stereocenters. The summed E-state index contributed by atoms with van der Waals surface area (Å²) in [6.45, 7) is 0. The Morgan fingerprint density at radius 3 is 2.44 bits per heavy atom. The van der Waals surface area contributed by atoms with Crippen LogP contribution in [-0.2, 0) is 4.79 Å². The Hall–Kier alpha value is -3.93. The van der Waals surface area contributed by atoms with Crippen LogP contribution in [-0.4, -0.2) is 31.3 Å². The first-order valence-corrected chi connectivity index (χ1v) is 7.69. The van der Waals surface area contributed by atoms with E-state index in [1.165, 1.54) is 26.4 Å². The predicted molar refractivity (Wildman–Crippen MR) is 96.7 cm³/mol. The molecule has 9 heteroatoms. The Labute approximate surface area is 155 Å². The molecule has 0 aliphatic heterocycles. The molecule has 0 spiro atoms. The van der Waals surface area contributed by atoms with Crippen molar-refractivity contribution in [3.8, 4) is 17.6 Å². The second kappa shape index (κ2) is 8.96. The van der Waals surface area contributed by atoms with Crippen molar-refractivity contribution in [1.82, 2.24) is 5.43 Å². The van der Waals surface area contributed by atoms with E-state index >= 15 is 0 Å². The maximum Gasteiger partial charge on any atom is 0.282 e. The van der Waals surface area contributed by atoms with Crippen molar-refractivity contribution in [2.75, 3.05) is 14.2 Å². The van der Waals surface area contributed by atoms with Crippen LogP contribution in [0.3, 0.4) is 0 Å². The highest BCUT2D eigenvalue weighted by atomic mass is 16.6. The van der Waals surface area contributed by atoms with Gasteiger partial charge >= 0.3 is 0 Å². The van der Waals surface area contributed by atoms with E-state index in [1.807, 2.05) is 6.07 Å². The highest BCUT2D eigenvalue weighted by Gasteiger charge is 2.20. The van der Waals surface area contributed by atoms with E-state index in [-0.39, 0.29) is 22.7 Å². The molecule has 0 saturated heterocycles. The van der Waals surface area contributed by atoms with Crippen molar-refractivity contribution in [2.45, 2.75) is 5.92 Å². The van der Waals surface area contributed by atoms with Crippen LogP contribution in [0.5, 0.6) is 11.5 Å². The molecule has 1 amide bonds. The molecule has 9 nitrogen and oxygen atoms in total. The lowest BCUT2D eigenvalue weighted by molar-refractivity contribution is -0.385. The molecule has 2 aromatic rings. The van der Waals surface area contributed by atoms with Gasteiger partial charge in [-0.25, -0.2) is 5.43 Å². The summed E-state index contributed by atoms with van der Waals surface area (Å²) < 4.78 is 10.2. The monoisotopic (exact) mass is 368 g/mol. The van der Waals surface area contributed by atoms with Crippen LogP contribution in [0, 0.1) is 21.4 Å². The van der Waals surface area contributed by atoms with Crippen molar-refractivity contribution in [3.05, 3.63) is 63.7 Å². The van der Waals surface area contributed by atoms with Gasteiger partial charge in [-0.1, -0.05) is 30.3 Å². The molecule has 0 fully saturated rings. The number of ether oxygens (including phenoxy) is 2. The molecule has 0 bridgehead atoms. The van der Waals surface area contributed by atoms with Gasteiger partial charge in [-0.15, -0.1) is 0 Å². The van der Waals surface area contributed by atoms with Gasteiger partial charge in [-0.3, -0.25) is 14.9 Å². The van der Waals surface area contributed by atoms with Crippen LogP contribution in [0.1, 0.15) is 17.0 Å². The third kappa shape index (κ3) is 4.58. The summed E-state index contributed by atoms with van der Waals surface area (Å²) in [7, 11) is 2.75. The van der Waals surface area contributed by atoms with Gasteiger partial charge in [0.2, 0.25) is 0 Å². The molecule has 0 aliphatic rings. The summed E-state index contributed by atoms with van der Waals surface area (Å²) in [4.78, 5) is 22.8. The van der Waals surface area contributed by atoms with Crippen molar-refractivity contribution in [1.29, 1.82) is 5.26 Å². The van der Waals surface area contributed by atoms with Crippen LogP contribution >= 0.6 is 0 Å². The summed E-state index contributed by atoms with van der Waals surface area (Å²) in [6, 6.07) is 13.0. The largest absolute Gasteiger partial charge is 0.493 e. The van der Waals surface area contributed by atoms with Gasteiger partial charge in [0.15, 0.2) is 17.4 Å². The van der Waals surface area contributed by atoms with Crippen molar-refractivity contribution in [3.63, 3.8) is 0 Å². The Kier molecular flexibility index (Phi) is 6.44. The molecule has 0 radical (unpaired) electrons. The topological polar surface area (TPSA) is 127 Å². The standard InChI is InChI=1S/C18H16N4O5/c1-26-16-8-13(15(22(24)25)9-17(16)27-2)11-20-21-18(23)14(10-19)12-6-4-3-5-7-12/h3-9,11,14H,1-2H3,(H,21,23)/b20-11-/t14-/m0/s1. The number of carbonyl (C=O) groups is 1. The average molecular weight is 368 g/mol. The number of carbonyl (C=O) groups excluding carboxylic acids is 1. The zero-order valence-corrected chi connectivity index (χ0v) is 14.6. The molecule has 1 N–H and O–H groups in total. The minimum absolute atomic E-state index is 0.103. The first kappa shape index (κ1) is 19.4. The van der Waals surface area contributed by atoms with Crippen molar-refractivity contribution in [2.24, 2.45) is 5.10 Å². The molecular formula is C18H16N4O5. The number of hydrogen-bond donors (Lipinski definition) is 1. The number of benzene rings is 2. The minimum Gasteiger partial charge on any atom is -0.493 e. The molecule has 0 saturated carbocycles. The fourth-order valence-corrected chi connectivity index (χ4v) is 2.31. The summed E-state index contributed by atoms with van der Waals surface area (Å²) in [6.07, 6.45) is 1.11. The molecular weight excluding hydrogens is 352 g/mol. The molecule has 0 heterocycles. The van der Waals surface area contributed by atoms with Gasteiger partial charge < -0.3 is 9.47 Å². The number of nitro groups is 1. The van der Waals surface area contributed by atoms with E-state index in [2.05, 4.69) is 10.5 Å². The van der Waals surface area contributed by atoms with Crippen LogP contribution in [0.4, 0.5) is 5.69 Å². The molecule has 0 aromatic heterocycles. The molecule has 2 rings (SSSR count). The van der Waals surface area contributed by atoms with Gasteiger partial charge in [-0.05, 0) is 11.6 Å². The van der Waals surface area contributed by atoms with Gasteiger partial charge in [0, 0.05) is 0 Å². The van der Waals surface area contributed by atoms with Crippen molar-refractivity contribution < 1.29 is 19.2 Å². The third-order valence-electron chi connectivity index (χ3n) is 3.63. The molecule has 1 atom stereocenters. The quantitative estimate of drug-likeness (QED) is 0.454. The van der Waals surface area contributed by atoms with E-state index in [1.54, 1.807) is 30.3 Å². The smallest absolute Gasteiger partial charge is 0.282 e. The summed E-state index contributed by atoms with van der Waals surface area (Å²) >= 11 is 0. The highest BCUT2D eigenvalue weighted by molar-refractivity contribution is 5.90. The minimum atomic E-state index is -1.05. The van der Waals surface area contributed by atoms with Crippen LogP contribution in [0.15, 0.2) is 47.6 Å². The van der Waals surface area contributed by atoms with Gasteiger partial charge in [-0.2, -0.15) is 10.4 Å². The van der Waals surface area contributed by atoms with E-state index in [0.29, 0.717) is 5.56 Å². The number of amides is 1. The average Bonchev–Trinajstić information content (AvgIpc) is 2.68. The fourth-order valence-electron chi connectivity index (χ4n) is 2.31. The Balaban J connectivity index is 2.23. The number of nitro benzene ring substituents is 1. The van der Waals surface area contributed by atoms with E-state index < -0.39 is 16.7 Å². The SMILES string of the molecule is COc1cc(/C=N\NC(=O)[C@@H](C#N)c2ccccc2)c([N+](=O)[O-])cc1OC. The lowest BCUT2D eigenvalue weighted by atomic mass is 10.0. The lowest BCUT2D eigenvalue weighted by Gasteiger charge is -2.09. The summed E-state index contributed by atoms with van der Waals surface area (Å²) in [5.74, 6) is -1.24. The highest BCUT2D eigenvalue weighted by Crippen LogP contribution is 2.33. The number of nitrogens with one attached hydrogen (secondary N) is 1. The van der Waals surface area contributed by atoms with E-state index in [0.717, 1.165) is 6.21 Å². The lowest BCUT2D eigenvalue weighted by Crippen LogP contribution is -2.24. The normalized spacial score (nSPS) is 11.4. The number of rotatable bonds is 7. The van der Waals surface area contributed by atoms with Gasteiger partial charge in [0.05, 0.1) is 43.1 Å². The zero-order chi connectivity index (χ0) is 19.8. The summed E-state index contributed by atoms with van der Waals surface area (Å²) in [5, 5.41) is 24.2. The van der Waals surface area contributed by atoms with Crippen LogP contribution in [0.2, 0.25) is 0 Å². The Morgan fingerprint density at radius 2 is 1.89 bits per heavy atom. The van der Waals surface area contributed by atoms with Crippen LogP contribution in [0.25, 0.3) is 0 Å². The van der Waals surface area contributed by atoms with Crippen LogP contribution < -0.4 is 14.9 Å². The maximum absolute atomic E-state index is 12.2. The number of hydrazone groups is 1. The predicted octanol–water partition coefficient (Wildman–Crippen LogP) is 2.37. The number of nitriles is 1. The molecule has 138 valence electrons. The third-order valence-corrected chi connectivity index (χ3v) is 3.63. The van der Waals surface area contributed by atoms with Gasteiger partial charge in [0.25, 0.3) is 11.6 Å². The Bertz CT molecular complexity index is 906. The first-order valence-electron chi connectivity index (χ1n) is 7.69. The summed E-state index contributed by atoms with van der Waals surface area (Å²) in [5.41, 5.74) is 2.57. The molecule has 27 heavy (non-hydrogen) atoms. The first-order chi connectivity index (χ1) is 13.0. The van der Waals surface area contributed by atoms with Crippen molar-refractivity contribution >= 4 is 17.8 Å². The number of nitrogens with zero attached hydrogens (tertiary/aromatic N) is 3. The van der Waals surface area contributed by atoms with E-state index in [9.17, 15) is 20.2 Å². The number of methoxy groups -OCH3 is 2. The van der Waals surface area contributed by atoms with E-state index in [4.69, 9.17) is 9.47 Å². The van der Waals surface area contributed by atoms with Gasteiger partial charge in [0.1, 0.15) is 0 Å². The Morgan fingerprint density at radius 1 is 1.26 bits per heavy atom. The molecule has 0 aliphatic carbocycles. The fraction of sp³-hybridized carbons (Fsp3) is 0.167. The zero-order valence-electron chi connectivity index (χ0n) is 14.6.